The van der Waals surface area contributed by atoms with Gasteiger partial charge in [0.05, 0.1) is 13.7 Å². The molecule has 0 spiro atoms. The van der Waals surface area contributed by atoms with Crippen LogP contribution in [0.2, 0.25) is 0 Å². The van der Waals surface area contributed by atoms with Crippen LogP contribution in [0.4, 0.5) is 0 Å². The zero-order valence-electron chi connectivity index (χ0n) is 13.7. The lowest BCUT2D eigenvalue weighted by Gasteiger charge is -2.19. The molecule has 2 rings (SSSR count). The van der Waals surface area contributed by atoms with E-state index in [2.05, 4.69) is 45.0 Å². The smallest absolute Gasteiger partial charge is 0.162 e. The monoisotopic (exact) mass is 300 g/mol. The van der Waals surface area contributed by atoms with Crippen molar-refractivity contribution in [2.45, 2.75) is 39.4 Å². The Kier molecular flexibility index (Phi) is 5.09. The van der Waals surface area contributed by atoms with Crippen LogP contribution in [-0.2, 0) is 18.6 Å². The van der Waals surface area contributed by atoms with Gasteiger partial charge in [-0.1, -0.05) is 51.1 Å². The minimum absolute atomic E-state index is 0.0133. The van der Waals surface area contributed by atoms with E-state index in [1.165, 1.54) is 5.56 Å². The molecule has 0 unspecified atom stereocenters. The van der Waals surface area contributed by atoms with Crippen molar-refractivity contribution < 1.29 is 14.6 Å². The van der Waals surface area contributed by atoms with Crippen LogP contribution >= 0.6 is 0 Å². The molecule has 0 aliphatic carbocycles. The second-order valence-electron chi connectivity index (χ2n) is 6.38. The van der Waals surface area contributed by atoms with Crippen LogP contribution in [0.15, 0.2) is 42.5 Å². The minimum atomic E-state index is -0.0133. The maximum Gasteiger partial charge on any atom is 0.162 e. The number of hydrogen-bond donors (Lipinski definition) is 1. The van der Waals surface area contributed by atoms with Crippen molar-refractivity contribution in [3.63, 3.8) is 0 Å². The van der Waals surface area contributed by atoms with E-state index < -0.39 is 0 Å². The van der Waals surface area contributed by atoms with E-state index in [0.29, 0.717) is 18.1 Å². The molecule has 0 aliphatic rings. The molecule has 0 fully saturated rings. The Hall–Kier alpha value is -2.00. The van der Waals surface area contributed by atoms with Crippen molar-refractivity contribution in [2.75, 3.05) is 7.11 Å². The van der Waals surface area contributed by atoms with E-state index >= 15 is 0 Å². The number of hydrogen-bond acceptors (Lipinski definition) is 3. The molecule has 3 heteroatoms. The fourth-order valence-corrected chi connectivity index (χ4v) is 2.19. The first-order chi connectivity index (χ1) is 10.4. The summed E-state index contributed by atoms with van der Waals surface area (Å²) in [6, 6.07) is 13.9. The summed E-state index contributed by atoms with van der Waals surface area (Å²) in [7, 11) is 1.61. The van der Waals surface area contributed by atoms with Gasteiger partial charge in [0.25, 0.3) is 0 Å². The van der Waals surface area contributed by atoms with Gasteiger partial charge in [-0.2, -0.15) is 0 Å². The lowest BCUT2D eigenvalue weighted by atomic mass is 9.87. The lowest BCUT2D eigenvalue weighted by Crippen LogP contribution is -2.10. The lowest BCUT2D eigenvalue weighted by molar-refractivity contribution is 0.271. The average molecular weight is 300 g/mol. The average Bonchev–Trinajstić information content (AvgIpc) is 2.52. The number of aliphatic hydroxyl groups excluding tert-OH is 1. The van der Waals surface area contributed by atoms with Gasteiger partial charge in [0, 0.05) is 0 Å². The number of methoxy groups -OCH3 is 1. The molecule has 0 radical (unpaired) electrons. The fraction of sp³-hybridized carbons (Fsp3) is 0.368. The molecule has 1 N–H and O–H groups in total. The van der Waals surface area contributed by atoms with Crippen LogP contribution in [0.25, 0.3) is 0 Å². The van der Waals surface area contributed by atoms with Gasteiger partial charge in [-0.25, -0.2) is 0 Å². The van der Waals surface area contributed by atoms with Gasteiger partial charge in [-0.05, 0) is 34.2 Å². The zero-order valence-corrected chi connectivity index (χ0v) is 13.7. The van der Waals surface area contributed by atoms with Crippen molar-refractivity contribution >= 4 is 0 Å². The summed E-state index contributed by atoms with van der Waals surface area (Å²) in [5.74, 6) is 1.32. The Morgan fingerprint density at radius 3 is 2.09 bits per heavy atom. The Bertz CT molecular complexity index is 610. The Morgan fingerprint density at radius 1 is 0.909 bits per heavy atom. The van der Waals surface area contributed by atoms with Crippen LogP contribution in [0.3, 0.4) is 0 Å². The second-order valence-corrected chi connectivity index (χ2v) is 6.38. The Morgan fingerprint density at radius 2 is 1.55 bits per heavy atom. The quantitative estimate of drug-likeness (QED) is 0.905. The van der Waals surface area contributed by atoms with Crippen LogP contribution in [0.5, 0.6) is 11.5 Å². The standard InChI is InChI=1S/C19H24O3/c1-19(2,3)16-8-5-14(6-9-16)13-22-18-11-15(12-20)7-10-17(18)21-4/h5-11,20H,12-13H2,1-4H3. The highest BCUT2D eigenvalue weighted by molar-refractivity contribution is 5.43. The third-order valence-electron chi connectivity index (χ3n) is 3.62. The van der Waals surface area contributed by atoms with Gasteiger partial charge < -0.3 is 14.6 Å². The van der Waals surface area contributed by atoms with Crippen LogP contribution < -0.4 is 9.47 Å². The van der Waals surface area contributed by atoms with Crippen molar-refractivity contribution in [1.82, 2.24) is 0 Å². The molecular formula is C19H24O3. The molecule has 0 aromatic heterocycles. The number of rotatable bonds is 5. The van der Waals surface area contributed by atoms with Gasteiger partial charge in [0.2, 0.25) is 0 Å². The molecular weight excluding hydrogens is 276 g/mol. The summed E-state index contributed by atoms with van der Waals surface area (Å²) < 4.78 is 11.1. The Labute approximate surface area is 132 Å². The summed E-state index contributed by atoms with van der Waals surface area (Å²) in [6.07, 6.45) is 0. The molecule has 0 saturated carbocycles. The van der Waals surface area contributed by atoms with Crippen LogP contribution in [-0.4, -0.2) is 12.2 Å². The molecule has 0 atom stereocenters. The van der Waals surface area contributed by atoms with Gasteiger partial charge in [-0.15, -0.1) is 0 Å². The Balaban J connectivity index is 2.09. The summed E-state index contributed by atoms with van der Waals surface area (Å²) in [5, 5.41) is 9.22. The second kappa shape index (κ2) is 6.84. The van der Waals surface area contributed by atoms with Crippen molar-refractivity contribution in [3.8, 4) is 11.5 Å². The molecule has 22 heavy (non-hydrogen) atoms. The highest BCUT2D eigenvalue weighted by atomic mass is 16.5. The highest BCUT2D eigenvalue weighted by Gasteiger charge is 2.13. The van der Waals surface area contributed by atoms with E-state index in [-0.39, 0.29) is 12.0 Å². The van der Waals surface area contributed by atoms with E-state index in [9.17, 15) is 5.11 Å². The molecule has 0 heterocycles. The van der Waals surface area contributed by atoms with Crippen molar-refractivity contribution in [3.05, 3.63) is 59.2 Å². The maximum atomic E-state index is 9.22. The van der Waals surface area contributed by atoms with Gasteiger partial charge in [0.1, 0.15) is 6.61 Å². The molecule has 0 bridgehead atoms. The van der Waals surface area contributed by atoms with Crippen LogP contribution in [0.1, 0.15) is 37.5 Å². The predicted octanol–water partition coefficient (Wildman–Crippen LogP) is 4.06. The van der Waals surface area contributed by atoms with Crippen molar-refractivity contribution in [1.29, 1.82) is 0 Å². The highest BCUT2D eigenvalue weighted by Crippen LogP contribution is 2.29. The third-order valence-corrected chi connectivity index (χ3v) is 3.62. The maximum absolute atomic E-state index is 9.22. The predicted molar refractivity (Wildman–Crippen MR) is 88.4 cm³/mol. The van der Waals surface area contributed by atoms with E-state index in [4.69, 9.17) is 9.47 Å². The van der Waals surface area contributed by atoms with Crippen LogP contribution in [0, 0.1) is 0 Å². The number of benzene rings is 2. The normalized spacial score (nSPS) is 11.3. The summed E-state index contributed by atoms with van der Waals surface area (Å²) in [4.78, 5) is 0. The van der Waals surface area contributed by atoms with E-state index in [1.54, 1.807) is 7.11 Å². The molecule has 0 aliphatic heterocycles. The largest absolute Gasteiger partial charge is 0.493 e. The summed E-state index contributed by atoms with van der Waals surface area (Å²) in [5.41, 5.74) is 3.36. The molecule has 0 amide bonds. The SMILES string of the molecule is COc1ccc(CO)cc1OCc1ccc(C(C)(C)C)cc1. The van der Waals surface area contributed by atoms with Gasteiger partial charge >= 0.3 is 0 Å². The first-order valence-electron chi connectivity index (χ1n) is 7.44. The molecule has 0 saturated heterocycles. The summed E-state index contributed by atoms with van der Waals surface area (Å²) in [6.45, 7) is 7.05. The van der Waals surface area contributed by atoms with Gasteiger partial charge in [-0.3, -0.25) is 0 Å². The molecule has 3 nitrogen and oxygen atoms in total. The first kappa shape index (κ1) is 16.4. The topological polar surface area (TPSA) is 38.7 Å². The minimum Gasteiger partial charge on any atom is -0.493 e. The van der Waals surface area contributed by atoms with Crippen molar-refractivity contribution in [2.24, 2.45) is 0 Å². The van der Waals surface area contributed by atoms with E-state index in [1.807, 2.05) is 18.2 Å². The van der Waals surface area contributed by atoms with E-state index in [0.717, 1.165) is 11.1 Å². The first-order valence-corrected chi connectivity index (χ1v) is 7.44. The number of ether oxygens (including phenoxy) is 2. The molecule has 2 aromatic rings. The molecule has 118 valence electrons. The zero-order chi connectivity index (χ0) is 16.2. The molecule has 2 aromatic carbocycles. The fourth-order valence-electron chi connectivity index (χ4n) is 2.19. The third kappa shape index (κ3) is 4.01. The number of aliphatic hydroxyl groups is 1. The summed E-state index contributed by atoms with van der Waals surface area (Å²) >= 11 is 0. The van der Waals surface area contributed by atoms with Gasteiger partial charge in [0.15, 0.2) is 11.5 Å².